The van der Waals surface area contributed by atoms with Crippen LogP contribution in [0.1, 0.15) is 0 Å². The van der Waals surface area contributed by atoms with Gasteiger partial charge >= 0.3 is 0 Å². The van der Waals surface area contributed by atoms with Crippen LogP contribution in [0.5, 0.6) is 0 Å². The molecule has 0 spiro atoms. The van der Waals surface area contributed by atoms with Crippen molar-refractivity contribution in [2.24, 2.45) is 4.99 Å². The third-order valence-corrected chi connectivity index (χ3v) is 2.26. The monoisotopic (exact) mass is 168 g/mol. The standard InChI is InChI=1S/C11H8N2/c1-3-9-4-2-6-11-8-12-7-10(5-1)13(9)11/h1-8H. The summed E-state index contributed by atoms with van der Waals surface area (Å²) >= 11 is 0. The molecule has 0 aliphatic carbocycles. The predicted molar refractivity (Wildman–Crippen MR) is 52.9 cm³/mol. The van der Waals surface area contributed by atoms with Crippen LogP contribution in [0.2, 0.25) is 0 Å². The molecule has 3 aliphatic rings. The van der Waals surface area contributed by atoms with Crippen molar-refractivity contribution in [1.29, 1.82) is 0 Å². The third-order valence-electron chi connectivity index (χ3n) is 2.26. The summed E-state index contributed by atoms with van der Waals surface area (Å²) in [4.78, 5) is 6.36. The van der Waals surface area contributed by atoms with Gasteiger partial charge in [-0.2, -0.15) is 0 Å². The number of aliphatic imine (C=N–C) groups is 1. The molecule has 3 aliphatic heterocycles. The van der Waals surface area contributed by atoms with Crippen LogP contribution >= 0.6 is 0 Å². The van der Waals surface area contributed by atoms with Crippen molar-refractivity contribution in [1.82, 2.24) is 4.90 Å². The molecule has 0 radical (unpaired) electrons. The van der Waals surface area contributed by atoms with Crippen molar-refractivity contribution in [2.45, 2.75) is 0 Å². The first kappa shape index (κ1) is 6.66. The Morgan fingerprint density at radius 1 is 0.923 bits per heavy atom. The Morgan fingerprint density at radius 2 is 1.69 bits per heavy atom. The molecular weight excluding hydrogens is 160 g/mol. The Kier molecular flexibility index (Phi) is 1.19. The largest absolute Gasteiger partial charge is 0.307 e. The van der Waals surface area contributed by atoms with Gasteiger partial charge in [0.05, 0.1) is 23.8 Å². The van der Waals surface area contributed by atoms with Gasteiger partial charge in [0, 0.05) is 5.70 Å². The molecule has 3 rings (SSSR count). The molecule has 13 heavy (non-hydrogen) atoms. The summed E-state index contributed by atoms with van der Waals surface area (Å²) in [6.45, 7) is 0. The minimum Gasteiger partial charge on any atom is -0.307 e. The molecule has 0 bridgehead atoms. The third kappa shape index (κ3) is 0.855. The van der Waals surface area contributed by atoms with Crippen LogP contribution in [-0.2, 0) is 0 Å². The van der Waals surface area contributed by atoms with Crippen molar-refractivity contribution < 1.29 is 0 Å². The fraction of sp³-hybridized carbons (Fsp3) is 0. The first-order chi connectivity index (χ1) is 6.45. The molecule has 0 aromatic carbocycles. The van der Waals surface area contributed by atoms with E-state index in [0.29, 0.717) is 0 Å². The Hall–Kier alpha value is -1.83. The average Bonchev–Trinajstić information content (AvgIpc) is 2.19. The molecular formula is C11H8N2. The van der Waals surface area contributed by atoms with E-state index in [0.717, 1.165) is 11.4 Å². The molecule has 0 atom stereocenters. The molecule has 0 aromatic heterocycles. The number of allylic oxidation sites excluding steroid dienone is 7. The highest BCUT2D eigenvalue weighted by Gasteiger charge is 2.20. The molecule has 0 saturated heterocycles. The van der Waals surface area contributed by atoms with Gasteiger partial charge in [-0.15, -0.1) is 0 Å². The Balaban J connectivity index is 2.23. The molecule has 0 saturated carbocycles. The smallest absolute Gasteiger partial charge is 0.0645 e. The van der Waals surface area contributed by atoms with Gasteiger partial charge in [-0.3, -0.25) is 4.99 Å². The molecule has 0 aromatic rings. The summed E-state index contributed by atoms with van der Waals surface area (Å²) in [7, 11) is 0. The van der Waals surface area contributed by atoms with Crippen molar-refractivity contribution in [3.63, 3.8) is 0 Å². The lowest BCUT2D eigenvalue weighted by molar-refractivity contribution is 0.573. The van der Waals surface area contributed by atoms with Crippen LogP contribution in [0.4, 0.5) is 0 Å². The molecule has 0 amide bonds. The second kappa shape index (κ2) is 2.33. The Morgan fingerprint density at radius 3 is 2.62 bits per heavy atom. The van der Waals surface area contributed by atoms with E-state index in [1.807, 2.05) is 24.6 Å². The SMILES string of the molecule is C1=CC2=CC=CC3=CN=CC(=C1)N23. The van der Waals surface area contributed by atoms with Gasteiger partial charge in [-0.1, -0.05) is 12.2 Å². The fourth-order valence-corrected chi connectivity index (χ4v) is 1.68. The summed E-state index contributed by atoms with van der Waals surface area (Å²) in [5.41, 5.74) is 3.48. The molecule has 62 valence electrons. The number of nitrogens with zero attached hydrogens (tertiary/aromatic N) is 2. The average molecular weight is 168 g/mol. The second-order valence-electron chi connectivity index (χ2n) is 3.07. The minimum absolute atomic E-state index is 1.13. The van der Waals surface area contributed by atoms with Gasteiger partial charge in [0.25, 0.3) is 0 Å². The summed E-state index contributed by atoms with van der Waals surface area (Å²) in [6, 6.07) is 0. The Bertz CT molecular complexity index is 364. The van der Waals surface area contributed by atoms with Gasteiger partial charge in [-0.25, -0.2) is 0 Å². The minimum atomic E-state index is 1.13. The van der Waals surface area contributed by atoms with Crippen molar-refractivity contribution in [3.8, 4) is 0 Å². The van der Waals surface area contributed by atoms with E-state index < -0.39 is 0 Å². The van der Waals surface area contributed by atoms with Gasteiger partial charge in [-0.05, 0) is 24.3 Å². The van der Waals surface area contributed by atoms with Crippen LogP contribution in [0, 0.1) is 0 Å². The van der Waals surface area contributed by atoms with Crippen LogP contribution in [0.15, 0.2) is 64.7 Å². The highest BCUT2D eigenvalue weighted by Crippen LogP contribution is 2.29. The van der Waals surface area contributed by atoms with Gasteiger partial charge in [0.1, 0.15) is 0 Å². The highest BCUT2D eigenvalue weighted by molar-refractivity contribution is 5.82. The lowest BCUT2D eigenvalue weighted by atomic mass is 10.1. The predicted octanol–water partition coefficient (Wildman–Crippen LogP) is 2.12. The zero-order chi connectivity index (χ0) is 8.67. The summed E-state index contributed by atoms with van der Waals surface area (Å²) in [5, 5.41) is 0. The molecule has 0 fully saturated rings. The van der Waals surface area contributed by atoms with Crippen LogP contribution in [0.25, 0.3) is 0 Å². The Labute approximate surface area is 76.6 Å². The zero-order valence-corrected chi connectivity index (χ0v) is 7.01. The normalized spacial score (nSPS) is 22.2. The van der Waals surface area contributed by atoms with Gasteiger partial charge in [0.2, 0.25) is 0 Å². The first-order valence-corrected chi connectivity index (χ1v) is 4.25. The molecule has 2 heteroatoms. The van der Waals surface area contributed by atoms with Crippen molar-refractivity contribution in [2.75, 3.05) is 0 Å². The zero-order valence-electron chi connectivity index (χ0n) is 7.01. The molecule has 3 heterocycles. The number of rotatable bonds is 0. The number of hydrogen-bond donors (Lipinski definition) is 0. The van der Waals surface area contributed by atoms with E-state index in [2.05, 4.69) is 34.2 Å². The number of hydrogen-bond acceptors (Lipinski definition) is 2. The van der Waals surface area contributed by atoms with Crippen LogP contribution in [0.3, 0.4) is 0 Å². The van der Waals surface area contributed by atoms with Crippen molar-refractivity contribution >= 4 is 6.21 Å². The highest BCUT2D eigenvalue weighted by atomic mass is 15.2. The van der Waals surface area contributed by atoms with Crippen LogP contribution < -0.4 is 0 Å². The van der Waals surface area contributed by atoms with E-state index >= 15 is 0 Å². The van der Waals surface area contributed by atoms with Crippen molar-refractivity contribution in [3.05, 3.63) is 59.7 Å². The van der Waals surface area contributed by atoms with E-state index in [1.54, 1.807) is 0 Å². The first-order valence-electron chi connectivity index (χ1n) is 4.25. The topological polar surface area (TPSA) is 15.6 Å². The fourth-order valence-electron chi connectivity index (χ4n) is 1.68. The van der Waals surface area contributed by atoms with E-state index in [4.69, 9.17) is 0 Å². The van der Waals surface area contributed by atoms with Gasteiger partial charge in [0.15, 0.2) is 0 Å². The maximum Gasteiger partial charge on any atom is 0.0645 e. The second-order valence-corrected chi connectivity index (χ2v) is 3.07. The maximum absolute atomic E-state index is 4.17. The summed E-state index contributed by atoms with van der Waals surface area (Å²) in [5.74, 6) is 0. The summed E-state index contributed by atoms with van der Waals surface area (Å²) < 4.78 is 0. The lowest BCUT2D eigenvalue weighted by Crippen LogP contribution is -2.25. The quantitative estimate of drug-likeness (QED) is 0.541. The lowest BCUT2D eigenvalue weighted by Gasteiger charge is -2.32. The van der Waals surface area contributed by atoms with E-state index in [9.17, 15) is 0 Å². The van der Waals surface area contributed by atoms with Gasteiger partial charge < -0.3 is 4.90 Å². The molecule has 0 unspecified atom stereocenters. The van der Waals surface area contributed by atoms with E-state index in [1.165, 1.54) is 5.70 Å². The maximum atomic E-state index is 4.17. The van der Waals surface area contributed by atoms with E-state index in [-0.39, 0.29) is 0 Å². The van der Waals surface area contributed by atoms with Crippen LogP contribution in [-0.4, -0.2) is 11.1 Å². The molecule has 2 nitrogen and oxygen atoms in total. The summed E-state index contributed by atoms with van der Waals surface area (Å²) in [6.07, 6.45) is 16.2. The molecule has 0 N–H and O–H groups in total.